The summed E-state index contributed by atoms with van der Waals surface area (Å²) in [5.41, 5.74) is 7.30. The molecule has 4 heteroatoms. The minimum absolute atomic E-state index is 0.336. The normalized spacial score (nSPS) is 22.8. The second-order valence-corrected chi connectivity index (χ2v) is 5.46. The smallest absolute Gasteiger partial charge is 0.0951 e. The van der Waals surface area contributed by atoms with Crippen molar-refractivity contribution in [1.82, 2.24) is 14.5 Å². The first-order valence-electron chi connectivity index (χ1n) is 6.75. The molecule has 2 fully saturated rings. The van der Waals surface area contributed by atoms with E-state index in [1.165, 1.54) is 37.8 Å². The average Bonchev–Trinajstić information content (AvgIpc) is 2.98. The van der Waals surface area contributed by atoms with Crippen LogP contribution < -0.4 is 5.73 Å². The van der Waals surface area contributed by atoms with Gasteiger partial charge in [-0.25, -0.2) is 4.98 Å². The molecule has 1 atom stereocenters. The van der Waals surface area contributed by atoms with Crippen LogP contribution in [0.25, 0.3) is 0 Å². The van der Waals surface area contributed by atoms with Gasteiger partial charge in [-0.3, -0.25) is 4.90 Å². The molecule has 0 amide bonds. The SMILES string of the molecule is CN(C1CCC1)C(CN)c1cncn1C1CC1. The summed E-state index contributed by atoms with van der Waals surface area (Å²) in [6, 6.07) is 1.76. The van der Waals surface area contributed by atoms with Crippen molar-refractivity contribution >= 4 is 0 Å². The Labute approximate surface area is 103 Å². The van der Waals surface area contributed by atoms with Gasteiger partial charge in [-0.2, -0.15) is 0 Å². The Bertz CT molecular complexity index is 379. The maximum atomic E-state index is 5.99. The monoisotopic (exact) mass is 234 g/mol. The Kier molecular flexibility index (Phi) is 2.92. The van der Waals surface area contributed by atoms with Gasteiger partial charge in [-0.15, -0.1) is 0 Å². The van der Waals surface area contributed by atoms with Crippen LogP contribution in [0.1, 0.15) is 49.9 Å². The van der Waals surface area contributed by atoms with Crippen LogP contribution >= 0.6 is 0 Å². The van der Waals surface area contributed by atoms with Crippen molar-refractivity contribution in [3.8, 4) is 0 Å². The van der Waals surface area contributed by atoms with Crippen molar-refractivity contribution in [2.75, 3.05) is 13.6 Å². The van der Waals surface area contributed by atoms with E-state index < -0.39 is 0 Å². The van der Waals surface area contributed by atoms with Crippen LogP contribution in [0.2, 0.25) is 0 Å². The summed E-state index contributed by atoms with van der Waals surface area (Å²) in [4.78, 5) is 6.78. The van der Waals surface area contributed by atoms with Gasteiger partial charge in [-0.05, 0) is 32.7 Å². The lowest BCUT2D eigenvalue weighted by molar-refractivity contribution is 0.109. The van der Waals surface area contributed by atoms with E-state index in [-0.39, 0.29) is 0 Å². The maximum absolute atomic E-state index is 5.99. The van der Waals surface area contributed by atoms with Crippen LogP contribution in [-0.4, -0.2) is 34.1 Å². The zero-order valence-corrected chi connectivity index (χ0v) is 10.5. The lowest BCUT2D eigenvalue weighted by Crippen LogP contribution is -2.42. The number of hydrogen-bond acceptors (Lipinski definition) is 3. The van der Waals surface area contributed by atoms with Gasteiger partial charge in [0.15, 0.2) is 0 Å². The summed E-state index contributed by atoms with van der Waals surface area (Å²) in [5.74, 6) is 0. The van der Waals surface area contributed by atoms with Crippen LogP contribution in [0.4, 0.5) is 0 Å². The Morgan fingerprint density at radius 3 is 2.76 bits per heavy atom. The molecule has 1 unspecified atom stereocenters. The summed E-state index contributed by atoms with van der Waals surface area (Å²) in [7, 11) is 2.21. The van der Waals surface area contributed by atoms with E-state index in [1.807, 2.05) is 12.5 Å². The highest BCUT2D eigenvalue weighted by molar-refractivity contribution is 5.10. The maximum Gasteiger partial charge on any atom is 0.0951 e. The fourth-order valence-corrected chi connectivity index (χ4v) is 2.77. The van der Waals surface area contributed by atoms with E-state index in [1.54, 1.807) is 0 Å². The third-order valence-corrected chi connectivity index (χ3v) is 4.34. The zero-order chi connectivity index (χ0) is 11.8. The summed E-state index contributed by atoms with van der Waals surface area (Å²) in [6.45, 7) is 0.686. The Morgan fingerprint density at radius 2 is 2.24 bits per heavy atom. The van der Waals surface area contributed by atoms with Crippen LogP contribution in [0.15, 0.2) is 12.5 Å². The molecule has 3 rings (SSSR count). The number of likely N-dealkylation sites (N-methyl/N-ethyl adjacent to an activating group) is 1. The molecule has 0 radical (unpaired) electrons. The first kappa shape index (κ1) is 11.2. The number of nitrogens with zero attached hydrogens (tertiary/aromatic N) is 3. The highest BCUT2D eigenvalue weighted by atomic mass is 15.2. The Balaban J connectivity index is 1.80. The van der Waals surface area contributed by atoms with Gasteiger partial charge >= 0.3 is 0 Å². The van der Waals surface area contributed by atoms with Crippen LogP contribution in [0, 0.1) is 0 Å². The molecular formula is C13H22N4. The molecule has 2 saturated carbocycles. The van der Waals surface area contributed by atoms with Gasteiger partial charge < -0.3 is 10.3 Å². The molecular weight excluding hydrogens is 212 g/mol. The lowest BCUT2D eigenvalue weighted by Gasteiger charge is -2.39. The highest BCUT2D eigenvalue weighted by Crippen LogP contribution is 2.38. The van der Waals surface area contributed by atoms with E-state index in [4.69, 9.17) is 5.73 Å². The van der Waals surface area contributed by atoms with Gasteiger partial charge in [0, 0.05) is 24.8 Å². The largest absolute Gasteiger partial charge is 0.330 e. The molecule has 0 bridgehead atoms. The average molecular weight is 234 g/mol. The van der Waals surface area contributed by atoms with Crippen LogP contribution in [0.5, 0.6) is 0 Å². The zero-order valence-electron chi connectivity index (χ0n) is 10.5. The van der Waals surface area contributed by atoms with Crippen molar-refractivity contribution in [2.45, 2.75) is 50.2 Å². The number of imidazole rings is 1. The summed E-state index contributed by atoms with van der Waals surface area (Å²) < 4.78 is 2.34. The van der Waals surface area contributed by atoms with Crippen LogP contribution in [0.3, 0.4) is 0 Å². The summed E-state index contributed by atoms with van der Waals surface area (Å²) >= 11 is 0. The van der Waals surface area contributed by atoms with Crippen molar-refractivity contribution in [1.29, 1.82) is 0 Å². The Hall–Kier alpha value is -0.870. The number of nitrogens with two attached hydrogens (primary N) is 1. The number of aromatic nitrogens is 2. The van der Waals surface area contributed by atoms with Gasteiger partial charge in [0.05, 0.1) is 18.1 Å². The first-order valence-corrected chi connectivity index (χ1v) is 6.75. The minimum atomic E-state index is 0.336. The third-order valence-electron chi connectivity index (χ3n) is 4.34. The summed E-state index contributed by atoms with van der Waals surface area (Å²) in [6.07, 6.45) is 10.6. The third kappa shape index (κ3) is 2.00. The topological polar surface area (TPSA) is 47.1 Å². The fraction of sp³-hybridized carbons (Fsp3) is 0.769. The molecule has 0 spiro atoms. The predicted octanol–water partition coefficient (Wildman–Crippen LogP) is 1.70. The molecule has 17 heavy (non-hydrogen) atoms. The van der Waals surface area contributed by atoms with E-state index in [0.717, 1.165) is 6.04 Å². The number of rotatable bonds is 5. The Morgan fingerprint density at radius 1 is 1.47 bits per heavy atom. The van der Waals surface area contributed by atoms with Gasteiger partial charge in [0.25, 0.3) is 0 Å². The molecule has 1 heterocycles. The molecule has 2 aliphatic carbocycles. The number of hydrogen-bond donors (Lipinski definition) is 1. The van der Waals surface area contributed by atoms with E-state index in [9.17, 15) is 0 Å². The molecule has 4 nitrogen and oxygen atoms in total. The van der Waals surface area contributed by atoms with Gasteiger partial charge in [0.2, 0.25) is 0 Å². The fourth-order valence-electron chi connectivity index (χ4n) is 2.77. The molecule has 0 saturated heterocycles. The second kappa shape index (κ2) is 4.42. The molecule has 0 aliphatic heterocycles. The summed E-state index contributed by atoms with van der Waals surface area (Å²) in [5, 5.41) is 0. The molecule has 0 aromatic carbocycles. The van der Waals surface area contributed by atoms with Crippen LogP contribution in [-0.2, 0) is 0 Å². The van der Waals surface area contributed by atoms with E-state index >= 15 is 0 Å². The molecule has 1 aromatic rings. The van der Waals surface area contributed by atoms with Crippen molar-refractivity contribution in [2.24, 2.45) is 5.73 Å². The minimum Gasteiger partial charge on any atom is -0.330 e. The quantitative estimate of drug-likeness (QED) is 0.843. The molecule has 2 N–H and O–H groups in total. The van der Waals surface area contributed by atoms with E-state index in [2.05, 4.69) is 21.5 Å². The highest BCUT2D eigenvalue weighted by Gasteiger charge is 2.32. The molecule has 1 aromatic heterocycles. The molecule has 2 aliphatic rings. The van der Waals surface area contributed by atoms with E-state index in [0.29, 0.717) is 18.6 Å². The van der Waals surface area contributed by atoms with Crippen molar-refractivity contribution in [3.63, 3.8) is 0 Å². The van der Waals surface area contributed by atoms with Gasteiger partial charge in [-0.1, -0.05) is 6.42 Å². The van der Waals surface area contributed by atoms with Gasteiger partial charge in [0.1, 0.15) is 0 Å². The standard InChI is InChI=1S/C13H22N4/c1-16(10-3-2-4-10)12(7-14)13-8-15-9-17(13)11-5-6-11/h8-12H,2-7,14H2,1H3. The first-order chi connectivity index (χ1) is 8.31. The second-order valence-electron chi connectivity index (χ2n) is 5.46. The van der Waals surface area contributed by atoms with Crippen molar-refractivity contribution in [3.05, 3.63) is 18.2 Å². The van der Waals surface area contributed by atoms with Crippen molar-refractivity contribution < 1.29 is 0 Å². The predicted molar refractivity (Wildman–Crippen MR) is 67.7 cm³/mol. The molecule has 94 valence electrons. The lowest BCUT2D eigenvalue weighted by atomic mass is 9.90.